The first-order valence-electron chi connectivity index (χ1n) is 12.4. The van der Waals surface area contributed by atoms with Gasteiger partial charge in [0.1, 0.15) is 5.75 Å². The number of amides is 1. The third kappa shape index (κ3) is 5.61. The maximum Gasteiger partial charge on any atom is 0.321 e. The van der Waals surface area contributed by atoms with Gasteiger partial charge in [-0.25, -0.2) is 9.97 Å². The Morgan fingerprint density at radius 3 is 2.64 bits per heavy atom. The molecule has 1 spiro atoms. The zero-order valence-electron chi connectivity index (χ0n) is 19.3. The molecule has 2 aliphatic carbocycles. The van der Waals surface area contributed by atoms with Crippen molar-refractivity contribution in [3.8, 4) is 11.8 Å². The lowest BCUT2D eigenvalue weighted by molar-refractivity contribution is -0.123. The molecule has 5 rings (SSSR count). The Morgan fingerprint density at radius 1 is 1.12 bits per heavy atom. The van der Waals surface area contributed by atoms with Crippen molar-refractivity contribution in [3.05, 3.63) is 59.9 Å². The number of allylic oxidation sites excluding steroid dienone is 1. The van der Waals surface area contributed by atoms with E-state index in [2.05, 4.69) is 38.4 Å². The van der Waals surface area contributed by atoms with Crippen LogP contribution in [-0.4, -0.2) is 40.4 Å². The van der Waals surface area contributed by atoms with E-state index in [1.165, 1.54) is 36.8 Å². The van der Waals surface area contributed by atoms with Gasteiger partial charge in [0, 0.05) is 31.4 Å². The number of aromatic nitrogens is 2. The van der Waals surface area contributed by atoms with E-state index in [-0.39, 0.29) is 17.2 Å². The molecule has 1 saturated heterocycles. The van der Waals surface area contributed by atoms with Gasteiger partial charge in [-0.05, 0) is 93.6 Å². The lowest BCUT2D eigenvalue weighted by atomic mass is 9.90. The van der Waals surface area contributed by atoms with E-state index >= 15 is 0 Å². The van der Waals surface area contributed by atoms with Crippen molar-refractivity contribution in [1.82, 2.24) is 20.2 Å². The van der Waals surface area contributed by atoms with Gasteiger partial charge >= 0.3 is 6.01 Å². The average molecular weight is 447 g/mol. The van der Waals surface area contributed by atoms with E-state index in [0.29, 0.717) is 6.01 Å². The van der Waals surface area contributed by atoms with Gasteiger partial charge < -0.3 is 10.1 Å². The number of hydrogen-bond acceptors (Lipinski definition) is 5. The molecule has 1 N–H and O–H groups in total. The maximum absolute atomic E-state index is 12.7. The largest absolute Gasteiger partial charge is 0.424 e. The number of likely N-dealkylation sites (tertiary alicyclic amines) is 1. The van der Waals surface area contributed by atoms with Crippen LogP contribution in [-0.2, 0) is 11.3 Å². The zero-order valence-corrected chi connectivity index (χ0v) is 19.3. The second-order valence-electron chi connectivity index (χ2n) is 9.82. The maximum atomic E-state index is 12.7. The van der Waals surface area contributed by atoms with Crippen LogP contribution < -0.4 is 10.1 Å². The van der Waals surface area contributed by atoms with E-state index in [1.807, 2.05) is 12.1 Å². The van der Waals surface area contributed by atoms with Crippen molar-refractivity contribution in [1.29, 1.82) is 0 Å². The Labute approximate surface area is 196 Å². The number of nitrogens with one attached hydrogen (secondary N) is 1. The number of carbonyl (C=O) groups excluding carboxylic acids is 1. The molecule has 6 nitrogen and oxygen atoms in total. The van der Waals surface area contributed by atoms with Crippen LogP contribution >= 0.6 is 0 Å². The summed E-state index contributed by atoms with van der Waals surface area (Å²) in [4.78, 5) is 23.4. The molecule has 174 valence electrons. The SMILES string of the molecule is O=C(NCCC1=CCCCC1)C1CC12CCN(Cc1ccc(Oc3ncccn3)cc1)CC2. The first-order valence-corrected chi connectivity index (χ1v) is 12.4. The highest BCUT2D eigenvalue weighted by Gasteiger charge is 2.58. The molecule has 1 aliphatic heterocycles. The van der Waals surface area contributed by atoms with Crippen LogP contribution in [0.2, 0.25) is 0 Å². The molecule has 6 heteroatoms. The monoisotopic (exact) mass is 446 g/mol. The van der Waals surface area contributed by atoms with Crippen LogP contribution in [0.3, 0.4) is 0 Å². The molecule has 2 fully saturated rings. The van der Waals surface area contributed by atoms with E-state index < -0.39 is 0 Å². The first kappa shape index (κ1) is 22.1. The Hall–Kier alpha value is -2.73. The second kappa shape index (κ2) is 10.0. The molecule has 1 aromatic heterocycles. The van der Waals surface area contributed by atoms with E-state index in [0.717, 1.165) is 57.6 Å². The number of carbonyl (C=O) groups is 1. The molecule has 0 radical (unpaired) electrons. The fourth-order valence-corrected chi connectivity index (χ4v) is 5.39. The van der Waals surface area contributed by atoms with Crippen LogP contribution in [0.4, 0.5) is 0 Å². The van der Waals surface area contributed by atoms with Gasteiger partial charge in [-0.1, -0.05) is 23.8 Å². The number of piperidine rings is 1. The van der Waals surface area contributed by atoms with Gasteiger partial charge in [0.25, 0.3) is 0 Å². The molecule has 2 heterocycles. The Kier molecular flexibility index (Phi) is 6.72. The number of rotatable bonds is 8. The number of ether oxygens (including phenoxy) is 1. The van der Waals surface area contributed by atoms with Crippen molar-refractivity contribution >= 4 is 5.91 Å². The van der Waals surface area contributed by atoms with Gasteiger partial charge in [0.05, 0.1) is 0 Å². The third-order valence-electron chi connectivity index (χ3n) is 7.57. The summed E-state index contributed by atoms with van der Waals surface area (Å²) in [7, 11) is 0. The molecule has 33 heavy (non-hydrogen) atoms. The van der Waals surface area contributed by atoms with Gasteiger partial charge in [0.2, 0.25) is 5.91 Å². The molecule has 1 amide bonds. The highest BCUT2D eigenvalue weighted by Crippen LogP contribution is 2.59. The van der Waals surface area contributed by atoms with Crippen LogP contribution in [0.15, 0.2) is 54.4 Å². The minimum Gasteiger partial charge on any atom is -0.424 e. The first-order chi connectivity index (χ1) is 16.2. The van der Waals surface area contributed by atoms with Crippen molar-refractivity contribution < 1.29 is 9.53 Å². The average Bonchev–Trinajstić information content (AvgIpc) is 3.57. The summed E-state index contributed by atoms with van der Waals surface area (Å²) >= 11 is 0. The quantitative estimate of drug-likeness (QED) is 0.586. The summed E-state index contributed by atoms with van der Waals surface area (Å²) in [6, 6.07) is 10.3. The van der Waals surface area contributed by atoms with Gasteiger partial charge in [0.15, 0.2) is 0 Å². The lowest BCUT2D eigenvalue weighted by Crippen LogP contribution is -2.37. The van der Waals surface area contributed by atoms with Gasteiger partial charge in [-0.3, -0.25) is 9.69 Å². The fraction of sp³-hybridized carbons (Fsp3) is 0.519. The minimum atomic E-state index is 0.233. The third-order valence-corrected chi connectivity index (χ3v) is 7.57. The van der Waals surface area contributed by atoms with Crippen molar-refractivity contribution in [3.63, 3.8) is 0 Å². The molecule has 2 aromatic rings. The molecule has 0 bridgehead atoms. The summed E-state index contributed by atoms with van der Waals surface area (Å²) in [5.41, 5.74) is 3.07. The Balaban J connectivity index is 1.04. The summed E-state index contributed by atoms with van der Waals surface area (Å²) in [6.07, 6.45) is 15.1. The molecular weight excluding hydrogens is 412 g/mol. The molecule has 1 saturated carbocycles. The predicted octanol–water partition coefficient (Wildman–Crippen LogP) is 4.88. The summed E-state index contributed by atoms with van der Waals surface area (Å²) in [6.45, 7) is 3.86. The molecular formula is C27H34N4O2. The molecule has 1 unspecified atom stereocenters. The van der Waals surface area contributed by atoms with Crippen LogP contribution in [0.1, 0.15) is 56.9 Å². The highest BCUT2D eigenvalue weighted by molar-refractivity contribution is 5.82. The topological polar surface area (TPSA) is 67.4 Å². The smallest absolute Gasteiger partial charge is 0.321 e. The summed E-state index contributed by atoms with van der Waals surface area (Å²) in [5, 5.41) is 3.22. The van der Waals surface area contributed by atoms with E-state index in [4.69, 9.17) is 4.74 Å². The second-order valence-corrected chi connectivity index (χ2v) is 9.82. The van der Waals surface area contributed by atoms with Gasteiger partial charge in [-0.2, -0.15) is 0 Å². The minimum absolute atomic E-state index is 0.233. The van der Waals surface area contributed by atoms with Gasteiger partial charge in [-0.15, -0.1) is 0 Å². The Bertz CT molecular complexity index is 965. The molecule has 1 atom stereocenters. The lowest BCUT2D eigenvalue weighted by Gasteiger charge is -2.32. The summed E-state index contributed by atoms with van der Waals surface area (Å²) < 4.78 is 5.68. The number of benzene rings is 1. The van der Waals surface area contributed by atoms with Crippen LogP contribution in [0, 0.1) is 11.3 Å². The number of hydrogen-bond donors (Lipinski definition) is 1. The normalized spacial score (nSPS) is 21.9. The zero-order chi connectivity index (χ0) is 22.5. The Morgan fingerprint density at radius 2 is 1.91 bits per heavy atom. The van der Waals surface area contributed by atoms with Crippen molar-refractivity contribution in [2.24, 2.45) is 11.3 Å². The van der Waals surface area contributed by atoms with E-state index in [1.54, 1.807) is 18.5 Å². The molecule has 1 aromatic carbocycles. The van der Waals surface area contributed by atoms with Crippen molar-refractivity contribution in [2.45, 2.75) is 57.9 Å². The highest BCUT2D eigenvalue weighted by atomic mass is 16.5. The standard InChI is InChI=1S/C27H34N4O2/c32-25(28-16-11-21-5-2-1-3-6-21)24-19-27(24)12-17-31(18-13-27)20-22-7-9-23(10-8-22)33-26-29-14-4-15-30-26/h4-5,7-10,14-15,24H,1-3,6,11-13,16-20H2,(H,28,32). The fourth-order valence-electron chi connectivity index (χ4n) is 5.39. The molecule has 3 aliphatic rings. The van der Waals surface area contributed by atoms with Crippen LogP contribution in [0.25, 0.3) is 0 Å². The summed E-state index contributed by atoms with van der Waals surface area (Å²) in [5.74, 6) is 1.27. The van der Waals surface area contributed by atoms with Crippen molar-refractivity contribution in [2.75, 3.05) is 19.6 Å². The van der Waals surface area contributed by atoms with E-state index in [9.17, 15) is 4.79 Å². The van der Waals surface area contributed by atoms with Crippen LogP contribution in [0.5, 0.6) is 11.8 Å². The predicted molar refractivity (Wildman–Crippen MR) is 128 cm³/mol. The number of nitrogens with zero attached hydrogens (tertiary/aromatic N) is 3.